The highest BCUT2D eigenvalue weighted by Crippen LogP contribution is 2.25. The second-order valence-corrected chi connectivity index (χ2v) is 6.23. The van der Waals surface area contributed by atoms with Crippen LogP contribution < -0.4 is 0 Å². The smallest absolute Gasteiger partial charge is 0.323 e. The molecule has 0 saturated carbocycles. The molecule has 3 nitrogen and oxygen atoms in total. The fraction of sp³-hybridized carbons (Fsp3) is 0.600. The molecule has 0 aliphatic rings. The van der Waals surface area contributed by atoms with Crippen LogP contribution in [0.2, 0.25) is 0 Å². The Labute approximate surface area is 140 Å². The summed E-state index contributed by atoms with van der Waals surface area (Å²) in [7, 11) is 0. The average molecular weight is 315 g/mol. The van der Waals surface area contributed by atoms with E-state index in [1.54, 1.807) is 0 Å². The molecule has 0 saturated heterocycles. The monoisotopic (exact) mass is 315 g/mol. The van der Waals surface area contributed by atoms with E-state index in [1.807, 2.05) is 37.3 Å². The van der Waals surface area contributed by atoms with Crippen LogP contribution in [-0.2, 0) is 9.53 Å². The standard InChI is InChI=1S/C20H29NO2/c1-4-6-11-17(10-5-2)15-23-20(22)19(14-21)16(3)18-12-8-7-9-13-18/h7-9,12-13,16-17,19H,4-6,10-11,15H2,1-3H3. The summed E-state index contributed by atoms with van der Waals surface area (Å²) in [6, 6.07) is 11.8. The van der Waals surface area contributed by atoms with Gasteiger partial charge in [-0.1, -0.05) is 70.4 Å². The van der Waals surface area contributed by atoms with Crippen molar-refractivity contribution in [2.45, 2.75) is 58.8 Å². The fourth-order valence-corrected chi connectivity index (χ4v) is 2.82. The lowest BCUT2D eigenvalue weighted by Gasteiger charge is -2.20. The van der Waals surface area contributed by atoms with Gasteiger partial charge in [0.25, 0.3) is 0 Å². The molecule has 0 aliphatic heterocycles. The van der Waals surface area contributed by atoms with Gasteiger partial charge in [0.15, 0.2) is 5.92 Å². The van der Waals surface area contributed by atoms with Crippen molar-refractivity contribution in [1.82, 2.24) is 0 Å². The number of unbranched alkanes of at least 4 members (excludes halogenated alkanes) is 1. The number of nitriles is 1. The molecule has 0 aliphatic carbocycles. The van der Waals surface area contributed by atoms with Crippen LogP contribution in [0.1, 0.15) is 64.4 Å². The fourth-order valence-electron chi connectivity index (χ4n) is 2.82. The SMILES string of the molecule is CCCCC(CCC)COC(=O)C(C#N)C(C)c1ccccc1. The molecular formula is C20H29NO2. The zero-order chi connectivity index (χ0) is 17.1. The van der Waals surface area contributed by atoms with E-state index in [-0.39, 0.29) is 11.9 Å². The number of carbonyl (C=O) groups excluding carboxylic acids is 1. The molecule has 1 aromatic carbocycles. The third-order valence-electron chi connectivity index (χ3n) is 4.34. The molecule has 1 aromatic rings. The third kappa shape index (κ3) is 6.44. The minimum Gasteiger partial charge on any atom is -0.464 e. The molecule has 0 heterocycles. The first-order valence-corrected chi connectivity index (χ1v) is 8.75. The van der Waals surface area contributed by atoms with Crippen LogP contribution >= 0.6 is 0 Å². The molecule has 126 valence electrons. The van der Waals surface area contributed by atoms with Gasteiger partial charge in [-0.05, 0) is 24.3 Å². The molecule has 3 heteroatoms. The molecule has 1 rings (SSSR count). The quantitative estimate of drug-likeness (QED) is 0.566. The minimum absolute atomic E-state index is 0.158. The van der Waals surface area contributed by atoms with E-state index < -0.39 is 5.92 Å². The van der Waals surface area contributed by atoms with Crippen LogP contribution in [0.5, 0.6) is 0 Å². The number of hydrogen-bond donors (Lipinski definition) is 0. The van der Waals surface area contributed by atoms with E-state index in [9.17, 15) is 10.1 Å². The van der Waals surface area contributed by atoms with Gasteiger partial charge in [0.05, 0.1) is 12.7 Å². The summed E-state index contributed by atoms with van der Waals surface area (Å²) < 4.78 is 5.49. The maximum absolute atomic E-state index is 12.3. The normalized spacial score (nSPS) is 14.5. The zero-order valence-electron chi connectivity index (χ0n) is 14.6. The summed E-state index contributed by atoms with van der Waals surface area (Å²) in [4.78, 5) is 12.3. The summed E-state index contributed by atoms with van der Waals surface area (Å²) in [5.74, 6) is -0.878. The third-order valence-corrected chi connectivity index (χ3v) is 4.34. The maximum atomic E-state index is 12.3. The van der Waals surface area contributed by atoms with Gasteiger partial charge < -0.3 is 4.74 Å². The van der Waals surface area contributed by atoms with E-state index in [0.29, 0.717) is 12.5 Å². The summed E-state index contributed by atoms with van der Waals surface area (Å²) >= 11 is 0. The predicted molar refractivity (Wildman–Crippen MR) is 92.8 cm³/mol. The van der Waals surface area contributed by atoms with Gasteiger partial charge in [0, 0.05) is 5.92 Å². The Morgan fingerprint density at radius 3 is 2.43 bits per heavy atom. The van der Waals surface area contributed by atoms with Crippen molar-refractivity contribution in [3.63, 3.8) is 0 Å². The molecule has 0 spiro atoms. The van der Waals surface area contributed by atoms with Crippen LogP contribution in [0.15, 0.2) is 30.3 Å². The Morgan fingerprint density at radius 2 is 1.87 bits per heavy atom. The van der Waals surface area contributed by atoms with E-state index in [2.05, 4.69) is 19.9 Å². The Hall–Kier alpha value is -1.82. The van der Waals surface area contributed by atoms with E-state index in [4.69, 9.17) is 4.74 Å². The first-order chi connectivity index (χ1) is 11.1. The van der Waals surface area contributed by atoms with Crippen molar-refractivity contribution in [2.24, 2.45) is 11.8 Å². The van der Waals surface area contributed by atoms with Crippen LogP contribution in [0.25, 0.3) is 0 Å². The van der Waals surface area contributed by atoms with Crippen molar-refractivity contribution in [3.8, 4) is 6.07 Å². The number of ether oxygens (including phenoxy) is 1. The molecule has 0 aromatic heterocycles. The summed E-state index contributed by atoms with van der Waals surface area (Å²) in [6.45, 7) is 6.66. The number of carbonyl (C=O) groups is 1. The Kier molecular flexibility index (Phi) is 9.05. The predicted octanol–water partition coefficient (Wildman–Crippen LogP) is 5.08. The summed E-state index contributed by atoms with van der Waals surface area (Å²) in [5.41, 5.74) is 0.993. The Balaban J connectivity index is 2.61. The van der Waals surface area contributed by atoms with Crippen LogP contribution in [0, 0.1) is 23.2 Å². The number of nitrogens with zero attached hydrogens (tertiary/aromatic N) is 1. The minimum atomic E-state index is -0.745. The largest absolute Gasteiger partial charge is 0.464 e. The highest BCUT2D eigenvalue weighted by molar-refractivity contribution is 5.76. The van der Waals surface area contributed by atoms with E-state index >= 15 is 0 Å². The van der Waals surface area contributed by atoms with Crippen molar-refractivity contribution in [3.05, 3.63) is 35.9 Å². The molecule has 0 radical (unpaired) electrons. The first-order valence-electron chi connectivity index (χ1n) is 8.75. The molecule has 0 bridgehead atoms. The first kappa shape index (κ1) is 19.2. The molecule has 3 unspecified atom stereocenters. The zero-order valence-corrected chi connectivity index (χ0v) is 14.6. The molecule has 0 fully saturated rings. The van der Waals surface area contributed by atoms with Crippen LogP contribution in [0.3, 0.4) is 0 Å². The molecule has 23 heavy (non-hydrogen) atoms. The summed E-state index contributed by atoms with van der Waals surface area (Å²) in [6.07, 6.45) is 5.56. The van der Waals surface area contributed by atoms with Gasteiger partial charge in [0.2, 0.25) is 0 Å². The van der Waals surface area contributed by atoms with E-state index in [1.165, 1.54) is 0 Å². The summed E-state index contributed by atoms with van der Waals surface area (Å²) in [5, 5.41) is 9.39. The lowest BCUT2D eigenvalue weighted by molar-refractivity contribution is -0.148. The van der Waals surface area contributed by atoms with Gasteiger partial charge in [-0.2, -0.15) is 5.26 Å². The van der Waals surface area contributed by atoms with Gasteiger partial charge in [-0.25, -0.2) is 0 Å². The van der Waals surface area contributed by atoms with Gasteiger partial charge in [-0.3, -0.25) is 4.79 Å². The molecule has 3 atom stereocenters. The lowest BCUT2D eigenvalue weighted by Crippen LogP contribution is -2.24. The topological polar surface area (TPSA) is 50.1 Å². The van der Waals surface area contributed by atoms with Crippen molar-refractivity contribution in [2.75, 3.05) is 6.61 Å². The van der Waals surface area contributed by atoms with Crippen molar-refractivity contribution >= 4 is 5.97 Å². The second kappa shape index (κ2) is 10.8. The molecular weight excluding hydrogens is 286 g/mol. The maximum Gasteiger partial charge on any atom is 0.323 e. The number of benzene rings is 1. The molecule has 0 amide bonds. The average Bonchev–Trinajstić information content (AvgIpc) is 2.58. The Bertz CT molecular complexity index is 492. The van der Waals surface area contributed by atoms with Crippen molar-refractivity contribution < 1.29 is 9.53 Å². The molecule has 0 N–H and O–H groups in total. The van der Waals surface area contributed by atoms with Gasteiger partial charge in [-0.15, -0.1) is 0 Å². The second-order valence-electron chi connectivity index (χ2n) is 6.23. The highest BCUT2D eigenvalue weighted by Gasteiger charge is 2.28. The van der Waals surface area contributed by atoms with Crippen LogP contribution in [0.4, 0.5) is 0 Å². The van der Waals surface area contributed by atoms with Gasteiger partial charge in [0.1, 0.15) is 0 Å². The van der Waals surface area contributed by atoms with Crippen LogP contribution in [-0.4, -0.2) is 12.6 Å². The lowest BCUT2D eigenvalue weighted by atomic mass is 9.88. The van der Waals surface area contributed by atoms with E-state index in [0.717, 1.165) is 37.7 Å². The Morgan fingerprint density at radius 1 is 1.17 bits per heavy atom. The highest BCUT2D eigenvalue weighted by atomic mass is 16.5. The number of rotatable bonds is 10. The number of esters is 1. The van der Waals surface area contributed by atoms with Gasteiger partial charge >= 0.3 is 5.97 Å². The number of hydrogen-bond acceptors (Lipinski definition) is 3. The van der Waals surface area contributed by atoms with Crippen molar-refractivity contribution in [1.29, 1.82) is 5.26 Å².